The van der Waals surface area contributed by atoms with Gasteiger partial charge in [0.1, 0.15) is 5.82 Å². The zero-order valence-electron chi connectivity index (χ0n) is 11.8. The molecule has 0 aliphatic rings. The molecule has 0 heterocycles. The molecular formula is C13H19FN2O5. The van der Waals surface area contributed by atoms with Crippen molar-refractivity contribution in [3.63, 3.8) is 0 Å². The molecular weight excluding hydrogens is 283 g/mol. The molecule has 0 amide bonds. The van der Waals surface area contributed by atoms with Crippen LogP contribution < -0.4 is 5.73 Å². The molecule has 4 N–H and O–H groups in total. The molecule has 1 aromatic carbocycles. The van der Waals surface area contributed by atoms with Gasteiger partial charge in [-0.05, 0) is 12.1 Å². The molecule has 1 aromatic rings. The predicted octanol–water partition coefficient (Wildman–Crippen LogP) is 2.92. The Balaban J connectivity index is 0. The van der Waals surface area contributed by atoms with Crippen molar-refractivity contribution in [1.82, 2.24) is 0 Å². The number of rotatable bonds is 4. The Morgan fingerprint density at radius 1 is 1.57 bits per heavy atom. The number of aliphatic carboxylic acids is 1. The fraction of sp³-hybridized carbons (Fsp3) is 0.308. The van der Waals surface area contributed by atoms with Crippen molar-refractivity contribution in [2.24, 2.45) is 5.73 Å². The number of nitrogens with zero attached hydrogens (tertiary/aromatic N) is 1. The van der Waals surface area contributed by atoms with Crippen molar-refractivity contribution in [3.05, 3.63) is 52.5 Å². The van der Waals surface area contributed by atoms with Crippen LogP contribution in [0.1, 0.15) is 31.9 Å². The Labute approximate surface area is 121 Å². The smallest absolute Gasteiger partial charge is 0.305 e. The summed E-state index contributed by atoms with van der Waals surface area (Å²) in [4.78, 5) is 20.2. The maximum atomic E-state index is 12.8. The first kappa shape index (κ1) is 20.8. The van der Waals surface area contributed by atoms with Gasteiger partial charge in [-0.2, -0.15) is 0 Å². The van der Waals surface area contributed by atoms with E-state index in [1.807, 2.05) is 13.8 Å². The summed E-state index contributed by atoms with van der Waals surface area (Å²) in [6, 6.07) is 1.82. The van der Waals surface area contributed by atoms with Crippen molar-refractivity contribution in [2.75, 3.05) is 0 Å². The summed E-state index contributed by atoms with van der Waals surface area (Å²) in [6.45, 7) is 6.92. The standard InChI is InChI=1S/C9H9FN2O4.C2H4O.C2H6/c10-5-1-2-6(7(11)4-9(13)14)8(3-5)12(15)16;1-2-3;1-2/h1-3,7H,4,11H2,(H,13,14);2-3H,1H2;1-2H3. The lowest BCUT2D eigenvalue weighted by Crippen LogP contribution is -2.16. The Morgan fingerprint density at radius 2 is 2.05 bits per heavy atom. The van der Waals surface area contributed by atoms with Crippen LogP contribution in [0.3, 0.4) is 0 Å². The molecule has 0 bridgehead atoms. The van der Waals surface area contributed by atoms with Crippen LogP contribution in [0.15, 0.2) is 31.0 Å². The fourth-order valence-corrected chi connectivity index (χ4v) is 1.29. The molecule has 0 fully saturated rings. The lowest BCUT2D eigenvalue weighted by Gasteiger charge is -2.09. The number of nitrogens with two attached hydrogens (primary N) is 1. The molecule has 1 atom stereocenters. The highest BCUT2D eigenvalue weighted by Gasteiger charge is 2.21. The number of carboxylic acid groups (broad SMARTS) is 1. The Morgan fingerprint density at radius 3 is 2.43 bits per heavy atom. The van der Waals surface area contributed by atoms with Gasteiger partial charge in [-0.25, -0.2) is 4.39 Å². The second kappa shape index (κ2) is 11.4. The van der Waals surface area contributed by atoms with E-state index in [4.69, 9.17) is 15.9 Å². The molecule has 0 aliphatic heterocycles. The van der Waals surface area contributed by atoms with Gasteiger partial charge < -0.3 is 15.9 Å². The second-order valence-corrected chi connectivity index (χ2v) is 3.35. The van der Waals surface area contributed by atoms with E-state index < -0.39 is 34.9 Å². The first-order valence-electron chi connectivity index (χ1n) is 5.99. The molecule has 1 rings (SSSR count). The SMILES string of the molecule is C=CO.CC.NC(CC(=O)O)c1ccc(F)cc1[N+](=O)[O-]. The minimum Gasteiger partial charge on any atom is -0.516 e. The van der Waals surface area contributed by atoms with Gasteiger partial charge in [-0.1, -0.05) is 20.4 Å². The van der Waals surface area contributed by atoms with Gasteiger partial charge in [0.15, 0.2) is 0 Å². The Bertz CT molecular complexity index is 480. The highest BCUT2D eigenvalue weighted by molar-refractivity contribution is 5.68. The van der Waals surface area contributed by atoms with Crippen LogP contribution in [-0.4, -0.2) is 21.1 Å². The van der Waals surface area contributed by atoms with Crippen molar-refractivity contribution >= 4 is 11.7 Å². The summed E-state index contributed by atoms with van der Waals surface area (Å²) in [7, 11) is 0. The van der Waals surface area contributed by atoms with Gasteiger partial charge in [0.05, 0.1) is 23.7 Å². The van der Waals surface area contributed by atoms with E-state index in [9.17, 15) is 19.3 Å². The molecule has 0 aliphatic carbocycles. The van der Waals surface area contributed by atoms with Crippen LogP contribution in [0, 0.1) is 15.9 Å². The number of aliphatic hydroxyl groups is 1. The maximum Gasteiger partial charge on any atom is 0.305 e. The monoisotopic (exact) mass is 302 g/mol. The summed E-state index contributed by atoms with van der Waals surface area (Å²) in [5, 5.41) is 26.4. The number of nitro benzene ring substituents is 1. The number of benzene rings is 1. The number of halogens is 1. The van der Waals surface area contributed by atoms with E-state index in [0.717, 1.165) is 24.5 Å². The van der Waals surface area contributed by atoms with E-state index in [1.54, 1.807) is 0 Å². The van der Waals surface area contributed by atoms with Crippen LogP contribution in [0.5, 0.6) is 0 Å². The topological polar surface area (TPSA) is 127 Å². The van der Waals surface area contributed by atoms with Crippen molar-refractivity contribution < 1.29 is 24.3 Å². The van der Waals surface area contributed by atoms with E-state index in [2.05, 4.69) is 6.58 Å². The van der Waals surface area contributed by atoms with Gasteiger partial charge >= 0.3 is 5.97 Å². The number of carboxylic acids is 1. The highest BCUT2D eigenvalue weighted by atomic mass is 19.1. The summed E-state index contributed by atoms with van der Waals surface area (Å²) in [5.74, 6) is -1.94. The number of nitro groups is 1. The third-order valence-electron chi connectivity index (χ3n) is 1.98. The highest BCUT2D eigenvalue weighted by Crippen LogP contribution is 2.26. The Kier molecular flexibility index (Phi) is 11.3. The van der Waals surface area contributed by atoms with Crippen LogP contribution in [-0.2, 0) is 4.79 Å². The molecule has 0 saturated carbocycles. The molecule has 0 spiro atoms. The van der Waals surface area contributed by atoms with Gasteiger partial charge in [-0.3, -0.25) is 14.9 Å². The number of carbonyl (C=O) groups is 1. The molecule has 0 saturated heterocycles. The van der Waals surface area contributed by atoms with Crippen LogP contribution in [0.2, 0.25) is 0 Å². The van der Waals surface area contributed by atoms with Gasteiger partial charge in [-0.15, -0.1) is 0 Å². The largest absolute Gasteiger partial charge is 0.516 e. The van der Waals surface area contributed by atoms with E-state index >= 15 is 0 Å². The van der Waals surface area contributed by atoms with Crippen LogP contribution >= 0.6 is 0 Å². The number of hydrogen-bond acceptors (Lipinski definition) is 5. The third-order valence-corrected chi connectivity index (χ3v) is 1.98. The summed E-state index contributed by atoms with van der Waals surface area (Å²) >= 11 is 0. The zero-order chi connectivity index (χ0) is 17.0. The minimum absolute atomic E-state index is 0.00815. The molecule has 7 nitrogen and oxygen atoms in total. The number of aliphatic hydroxyl groups excluding tert-OH is 1. The lowest BCUT2D eigenvalue weighted by molar-refractivity contribution is -0.385. The van der Waals surface area contributed by atoms with Crippen LogP contribution in [0.25, 0.3) is 0 Å². The summed E-state index contributed by atoms with van der Waals surface area (Å²) < 4.78 is 12.8. The molecule has 21 heavy (non-hydrogen) atoms. The molecule has 8 heteroatoms. The lowest BCUT2D eigenvalue weighted by atomic mass is 10.0. The zero-order valence-corrected chi connectivity index (χ0v) is 11.8. The van der Waals surface area contributed by atoms with Gasteiger partial charge in [0, 0.05) is 11.6 Å². The van der Waals surface area contributed by atoms with Gasteiger partial charge in [0.25, 0.3) is 5.69 Å². The van der Waals surface area contributed by atoms with Crippen molar-refractivity contribution in [1.29, 1.82) is 0 Å². The second-order valence-electron chi connectivity index (χ2n) is 3.35. The maximum absolute atomic E-state index is 12.8. The van der Waals surface area contributed by atoms with E-state index in [0.29, 0.717) is 0 Å². The molecule has 1 unspecified atom stereocenters. The van der Waals surface area contributed by atoms with E-state index in [1.165, 1.54) is 0 Å². The van der Waals surface area contributed by atoms with Gasteiger partial charge in [0.2, 0.25) is 0 Å². The predicted molar refractivity (Wildman–Crippen MR) is 76.4 cm³/mol. The third kappa shape index (κ3) is 8.32. The van der Waals surface area contributed by atoms with Crippen molar-refractivity contribution in [2.45, 2.75) is 26.3 Å². The van der Waals surface area contributed by atoms with E-state index in [-0.39, 0.29) is 5.56 Å². The number of hydrogen-bond donors (Lipinski definition) is 3. The fourth-order valence-electron chi connectivity index (χ4n) is 1.29. The molecule has 118 valence electrons. The minimum atomic E-state index is -1.17. The average Bonchev–Trinajstić information content (AvgIpc) is 2.40. The van der Waals surface area contributed by atoms with Crippen LogP contribution in [0.4, 0.5) is 10.1 Å². The summed E-state index contributed by atoms with van der Waals surface area (Å²) in [6.07, 6.45) is 0.298. The normalized spacial score (nSPS) is 10.1. The molecule has 0 aromatic heterocycles. The first-order valence-corrected chi connectivity index (χ1v) is 5.99. The average molecular weight is 302 g/mol. The summed E-state index contributed by atoms with van der Waals surface area (Å²) in [5.41, 5.74) is 4.98. The quantitative estimate of drug-likeness (QED) is 0.446. The van der Waals surface area contributed by atoms with Crippen molar-refractivity contribution in [3.8, 4) is 0 Å². The molecule has 0 radical (unpaired) electrons. The first-order chi connectivity index (χ1) is 9.83. The Hall–Kier alpha value is -2.48.